The third-order valence-electron chi connectivity index (χ3n) is 2.81. The number of carbonyl (C=O) groups is 3. The normalized spacial score (nSPS) is 18.8. The quantitative estimate of drug-likeness (QED) is 0.647. The number of carboxylic acid groups (broad SMARTS) is 1. The predicted octanol–water partition coefficient (Wildman–Crippen LogP) is -0.276. The lowest BCUT2D eigenvalue weighted by Crippen LogP contribution is -2.51. The third kappa shape index (κ3) is 5.37. The number of hydrogen-bond acceptors (Lipinski definition) is 4. The fourth-order valence-electron chi connectivity index (χ4n) is 1.80. The zero-order valence-electron chi connectivity index (χ0n) is 10.8. The van der Waals surface area contributed by atoms with Crippen molar-refractivity contribution in [2.24, 2.45) is 0 Å². The van der Waals surface area contributed by atoms with E-state index < -0.39 is 5.97 Å². The van der Waals surface area contributed by atoms with Crippen LogP contribution in [0.25, 0.3) is 0 Å². The van der Waals surface area contributed by atoms with E-state index in [1.807, 2.05) is 0 Å². The lowest BCUT2D eigenvalue weighted by molar-refractivity contribution is -0.138. The van der Waals surface area contributed by atoms with E-state index in [2.05, 4.69) is 10.6 Å². The highest BCUT2D eigenvalue weighted by Gasteiger charge is 2.28. The van der Waals surface area contributed by atoms with Crippen LogP contribution in [-0.4, -0.2) is 65.6 Å². The van der Waals surface area contributed by atoms with Crippen molar-refractivity contribution in [2.75, 3.05) is 31.6 Å². The number of hydrogen-bond donors (Lipinski definition) is 3. The Bertz CT molecular complexity index is 351. The molecule has 0 aromatic carbocycles. The number of thioether (sulfide) groups is 1. The summed E-state index contributed by atoms with van der Waals surface area (Å²) in [4.78, 5) is 35.3. The number of carbonyl (C=O) groups excluding carboxylic acids is 2. The fraction of sp³-hybridized carbons (Fsp3) is 0.727. The van der Waals surface area contributed by atoms with Gasteiger partial charge in [0, 0.05) is 38.1 Å². The van der Waals surface area contributed by atoms with E-state index in [1.165, 1.54) is 7.05 Å². The van der Waals surface area contributed by atoms with Crippen LogP contribution in [-0.2, 0) is 9.59 Å². The highest BCUT2D eigenvalue weighted by molar-refractivity contribution is 7.99. The molecule has 8 heteroatoms. The number of amides is 3. The monoisotopic (exact) mass is 289 g/mol. The van der Waals surface area contributed by atoms with Crippen LogP contribution in [0.15, 0.2) is 0 Å². The van der Waals surface area contributed by atoms with E-state index in [-0.39, 0.29) is 37.4 Å². The number of nitrogens with zero attached hydrogens (tertiary/aromatic N) is 1. The first kappa shape index (κ1) is 15.6. The molecule has 0 bridgehead atoms. The van der Waals surface area contributed by atoms with Crippen LogP contribution in [0.1, 0.15) is 12.8 Å². The third-order valence-corrected chi connectivity index (χ3v) is 3.90. The molecule has 3 N–H and O–H groups in total. The van der Waals surface area contributed by atoms with Gasteiger partial charge in [0.15, 0.2) is 0 Å². The van der Waals surface area contributed by atoms with E-state index >= 15 is 0 Å². The number of urea groups is 1. The van der Waals surface area contributed by atoms with Gasteiger partial charge in [-0.3, -0.25) is 9.59 Å². The molecule has 1 saturated heterocycles. The van der Waals surface area contributed by atoms with E-state index in [1.54, 1.807) is 16.7 Å². The topological polar surface area (TPSA) is 98.7 Å². The SMILES string of the molecule is CNC(=O)CCNC(=O)N1CCSCC1CC(=O)O. The van der Waals surface area contributed by atoms with Crippen LogP contribution >= 0.6 is 11.8 Å². The molecule has 19 heavy (non-hydrogen) atoms. The Morgan fingerprint density at radius 2 is 2.16 bits per heavy atom. The summed E-state index contributed by atoms with van der Waals surface area (Å²) in [6, 6.07) is -0.577. The first-order chi connectivity index (χ1) is 9.04. The molecule has 1 aliphatic heterocycles. The Morgan fingerprint density at radius 1 is 1.42 bits per heavy atom. The molecule has 1 heterocycles. The molecule has 0 radical (unpaired) electrons. The Labute approximate surface area is 116 Å². The van der Waals surface area contributed by atoms with Crippen LogP contribution in [0.2, 0.25) is 0 Å². The molecular formula is C11H19N3O4S. The van der Waals surface area contributed by atoms with Gasteiger partial charge in [-0.1, -0.05) is 0 Å². The van der Waals surface area contributed by atoms with E-state index in [9.17, 15) is 14.4 Å². The second-order valence-corrected chi connectivity index (χ2v) is 5.32. The van der Waals surface area contributed by atoms with Gasteiger partial charge in [0.2, 0.25) is 5.91 Å². The van der Waals surface area contributed by atoms with Crippen molar-refractivity contribution in [1.82, 2.24) is 15.5 Å². The van der Waals surface area contributed by atoms with E-state index in [0.717, 1.165) is 5.75 Å². The van der Waals surface area contributed by atoms with Crippen LogP contribution in [0.5, 0.6) is 0 Å². The van der Waals surface area contributed by atoms with Gasteiger partial charge < -0.3 is 20.6 Å². The van der Waals surface area contributed by atoms with Crippen molar-refractivity contribution in [2.45, 2.75) is 18.9 Å². The predicted molar refractivity (Wildman–Crippen MR) is 72.2 cm³/mol. The van der Waals surface area contributed by atoms with E-state index in [4.69, 9.17) is 5.11 Å². The number of carboxylic acids is 1. The molecule has 0 aliphatic carbocycles. The molecule has 0 aromatic heterocycles. The zero-order chi connectivity index (χ0) is 14.3. The van der Waals surface area contributed by atoms with Crippen molar-refractivity contribution in [3.05, 3.63) is 0 Å². The minimum absolute atomic E-state index is 0.0458. The van der Waals surface area contributed by atoms with Crippen molar-refractivity contribution in [3.63, 3.8) is 0 Å². The lowest BCUT2D eigenvalue weighted by atomic mass is 10.2. The summed E-state index contributed by atoms with van der Waals surface area (Å²) < 4.78 is 0. The molecule has 1 rings (SSSR count). The maximum absolute atomic E-state index is 11.9. The van der Waals surface area contributed by atoms with Gasteiger partial charge in [0.05, 0.1) is 12.5 Å². The summed E-state index contributed by atoms with van der Waals surface area (Å²) in [6.45, 7) is 0.788. The van der Waals surface area contributed by atoms with Gasteiger partial charge in [-0.15, -0.1) is 0 Å². The Morgan fingerprint density at radius 3 is 2.79 bits per heavy atom. The van der Waals surface area contributed by atoms with Crippen LogP contribution in [0, 0.1) is 0 Å². The van der Waals surface area contributed by atoms with Gasteiger partial charge in [0.1, 0.15) is 0 Å². The maximum atomic E-state index is 11.9. The molecule has 7 nitrogen and oxygen atoms in total. The standard InChI is InChI=1S/C11H19N3O4S/c1-12-9(15)2-3-13-11(18)14-4-5-19-7-8(14)6-10(16)17/h8H,2-7H2,1H3,(H,12,15)(H,13,18)(H,16,17). The second-order valence-electron chi connectivity index (χ2n) is 4.18. The summed E-state index contributed by atoms with van der Waals surface area (Å²) in [5.41, 5.74) is 0. The molecule has 1 atom stereocenters. The first-order valence-corrected chi connectivity index (χ1v) is 7.24. The van der Waals surface area contributed by atoms with Gasteiger partial charge in [-0.2, -0.15) is 11.8 Å². The molecule has 3 amide bonds. The molecule has 1 fully saturated rings. The number of aliphatic carboxylic acids is 1. The van der Waals surface area contributed by atoms with Crippen molar-refractivity contribution < 1.29 is 19.5 Å². The minimum atomic E-state index is -0.907. The van der Waals surface area contributed by atoms with Crippen molar-refractivity contribution in [3.8, 4) is 0 Å². The summed E-state index contributed by atoms with van der Waals surface area (Å²) in [6.07, 6.45) is 0.171. The van der Waals surface area contributed by atoms with Crippen molar-refractivity contribution in [1.29, 1.82) is 0 Å². The second kappa shape index (κ2) is 7.88. The van der Waals surface area contributed by atoms with Crippen LogP contribution < -0.4 is 10.6 Å². The summed E-state index contributed by atoms with van der Waals surface area (Å²) in [5, 5.41) is 13.9. The van der Waals surface area contributed by atoms with Gasteiger partial charge in [0.25, 0.3) is 0 Å². The average Bonchev–Trinajstić information content (AvgIpc) is 2.38. The smallest absolute Gasteiger partial charge is 0.317 e. The molecule has 0 spiro atoms. The van der Waals surface area contributed by atoms with Gasteiger partial charge in [-0.25, -0.2) is 4.79 Å². The molecule has 0 aromatic rings. The van der Waals surface area contributed by atoms with Crippen molar-refractivity contribution >= 4 is 29.7 Å². The number of nitrogens with one attached hydrogen (secondary N) is 2. The van der Waals surface area contributed by atoms with Gasteiger partial charge in [-0.05, 0) is 0 Å². The van der Waals surface area contributed by atoms with Crippen LogP contribution in [0.3, 0.4) is 0 Å². The largest absolute Gasteiger partial charge is 0.481 e. The highest BCUT2D eigenvalue weighted by Crippen LogP contribution is 2.18. The molecule has 0 saturated carbocycles. The zero-order valence-corrected chi connectivity index (χ0v) is 11.7. The lowest BCUT2D eigenvalue weighted by Gasteiger charge is -2.34. The van der Waals surface area contributed by atoms with Gasteiger partial charge >= 0.3 is 12.0 Å². The molecule has 108 valence electrons. The average molecular weight is 289 g/mol. The fourth-order valence-corrected chi connectivity index (χ4v) is 2.86. The summed E-state index contributed by atoms with van der Waals surface area (Å²) >= 11 is 1.65. The minimum Gasteiger partial charge on any atom is -0.481 e. The van der Waals surface area contributed by atoms with E-state index in [0.29, 0.717) is 12.3 Å². The maximum Gasteiger partial charge on any atom is 0.317 e. The highest BCUT2D eigenvalue weighted by atomic mass is 32.2. The summed E-state index contributed by atoms with van der Waals surface area (Å²) in [5.74, 6) is 0.390. The summed E-state index contributed by atoms with van der Waals surface area (Å²) in [7, 11) is 1.54. The molecule has 1 unspecified atom stereocenters. The Kier molecular flexibility index (Phi) is 6.48. The molecule has 1 aliphatic rings. The van der Waals surface area contributed by atoms with Crippen LogP contribution in [0.4, 0.5) is 4.79 Å². The number of rotatable bonds is 5. The molecular weight excluding hydrogens is 270 g/mol. The Balaban J connectivity index is 2.43. The first-order valence-electron chi connectivity index (χ1n) is 6.09. The Hall–Kier alpha value is -1.44.